The fourth-order valence-corrected chi connectivity index (χ4v) is 4.43. The van der Waals surface area contributed by atoms with Crippen molar-refractivity contribution in [1.29, 1.82) is 0 Å². The molecular weight excluding hydrogens is 264 g/mol. The summed E-state index contributed by atoms with van der Waals surface area (Å²) in [5, 5.41) is 3.72. The predicted molar refractivity (Wildman–Crippen MR) is 82.9 cm³/mol. The van der Waals surface area contributed by atoms with E-state index in [4.69, 9.17) is 4.74 Å². The minimum Gasteiger partial charge on any atom is -0.376 e. The first-order chi connectivity index (χ1) is 10.0. The molecule has 4 heteroatoms. The van der Waals surface area contributed by atoms with Crippen LogP contribution in [0.5, 0.6) is 0 Å². The maximum Gasteiger partial charge on any atom is 0.244 e. The summed E-state index contributed by atoms with van der Waals surface area (Å²) >= 11 is 0. The molecular formula is C17H30N2O2. The minimum absolute atomic E-state index is 0.190. The Morgan fingerprint density at radius 3 is 2.57 bits per heavy atom. The molecule has 2 aliphatic heterocycles. The molecule has 21 heavy (non-hydrogen) atoms. The first-order valence-electron chi connectivity index (χ1n) is 8.75. The molecule has 3 unspecified atom stereocenters. The molecule has 1 spiro atoms. The molecule has 120 valence electrons. The molecule has 2 heterocycles. The van der Waals surface area contributed by atoms with Crippen LogP contribution in [-0.2, 0) is 9.53 Å². The van der Waals surface area contributed by atoms with Crippen molar-refractivity contribution in [3.8, 4) is 0 Å². The van der Waals surface area contributed by atoms with Crippen LogP contribution < -0.4 is 5.32 Å². The second-order valence-electron chi connectivity index (χ2n) is 7.58. The van der Waals surface area contributed by atoms with Crippen molar-refractivity contribution >= 4 is 5.91 Å². The molecule has 0 radical (unpaired) electrons. The van der Waals surface area contributed by atoms with Crippen LogP contribution in [0.25, 0.3) is 0 Å². The van der Waals surface area contributed by atoms with Crippen LogP contribution >= 0.6 is 0 Å². The number of carbonyl (C=O) groups excluding carboxylic acids is 1. The number of ether oxygens (including phenoxy) is 1. The van der Waals surface area contributed by atoms with Gasteiger partial charge in [-0.2, -0.15) is 0 Å². The molecule has 1 aliphatic carbocycles. The van der Waals surface area contributed by atoms with Gasteiger partial charge in [0.15, 0.2) is 0 Å². The summed E-state index contributed by atoms with van der Waals surface area (Å²) < 4.78 is 5.86. The summed E-state index contributed by atoms with van der Waals surface area (Å²) in [4.78, 5) is 15.3. The number of nitrogens with one attached hydrogen (secondary N) is 1. The lowest BCUT2D eigenvalue weighted by atomic mass is 9.97. The lowest BCUT2D eigenvalue weighted by Crippen LogP contribution is -2.49. The van der Waals surface area contributed by atoms with Crippen LogP contribution in [0.15, 0.2) is 0 Å². The fourth-order valence-electron chi connectivity index (χ4n) is 4.43. The Bertz CT molecular complexity index is 384. The van der Waals surface area contributed by atoms with Crippen molar-refractivity contribution in [1.82, 2.24) is 10.2 Å². The van der Waals surface area contributed by atoms with Crippen LogP contribution in [0.2, 0.25) is 0 Å². The highest BCUT2D eigenvalue weighted by Crippen LogP contribution is 2.39. The monoisotopic (exact) mass is 294 g/mol. The van der Waals surface area contributed by atoms with Crippen molar-refractivity contribution in [3.05, 3.63) is 0 Å². The zero-order valence-corrected chi connectivity index (χ0v) is 13.7. The molecule has 0 aromatic carbocycles. The van der Waals surface area contributed by atoms with Crippen molar-refractivity contribution in [2.45, 2.75) is 89.6 Å². The zero-order valence-electron chi connectivity index (χ0n) is 13.7. The number of nitrogens with zero attached hydrogens (tertiary/aromatic N) is 1. The van der Waals surface area contributed by atoms with Crippen LogP contribution in [0.3, 0.4) is 0 Å². The van der Waals surface area contributed by atoms with E-state index in [0.717, 1.165) is 38.7 Å². The van der Waals surface area contributed by atoms with E-state index < -0.39 is 0 Å². The number of hydrogen-bond donors (Lipinski definition) is 1. The molecule has 0 aromatic heterocycles. The van der Waals surface area contributed by atoms with Gasteiger partial charge in [0, 0.05) is 6.61 Å². The van der Waals surface area contributed by atoms with Crippen molar-refractivity contribution in [3.63, 3.8) is 0 Å². The predicted octanol–water partition coefficient (Wildman–Crippen LogP) is 2.67. The molecule has 3 atom stereocenters. The smallest absolute Gasteiger partial charge is 0.244 e. The third-order valence-corrected chi connectivity index (χ3v) is 5.52. The van der Waals surface area contributed by atoms with E-state index in [0.29, 0.717) is 11.8 Å². The third-order valence-electron chi connectivity index (χ3n) is 5.52. The van der Waals surface area contributed by atoms with Crippen LogP contribution in [-0.4, -0.2) is 41.3 Å². The second-order valence-corrected chi connectivity index (χ2v) is 7.58. The van der Waals surface area contributed by atoms with Gasteiger partial charge in [-0.05, 0) is 44.9 Å². The molecule has 3 aliphatic rings. The van der Waals surface area contributed by atoms with Gasteiger partial charge in [0.25, 0.3) is 0 Å². The van der Waals surface area contributed by atoms with E-state index in [2.05, 4.69) is 31.0 Å². The van der Waals surface area contributed by atoms with E-state index in [-0.39, 0.29) is 23.9 Å². The number of carbonyl (C=O) groups is 1. The largest absolute Gasteiger partial charge is 0.376 e. The molecule has 1 N–H and O–H groups in total. The standard InChI is InChI=1S/C17H30N2O2/c1-12(2)11-15-18-17(8-4-5-9-17)16(20)19(15)13(3)14-7-6-10-21-14/h12-15,18H,4-11H2,1-3H3. The quantitative estimate of drug-likeness (QED) is 0.867. The maximum absolute atomic E-state index is 13.1. The number of rotatable bonds is 4. The Morgan fingerprint density at radius 1 is 1.29 bits per heavy atom. The lowest BCUT2D eigenvalue weighted by Gasteiger charge is -2.34. The summed E-state index contributed by atoms with van der Waals surface area (Å²) in [7, 11) is 0. The highest BCUT2D eigenvalue weighted by atomic mass is 16.5. The normalized spacial score (nSPS) is 33.5. The first-order valence-corrected chi connectivity index (χ1v) is 8.75. The number of amides is 1. The van der Waals surface area contributed by atoms with Crippen LogP contribution in [0.1, 0.15) is 65.7 Å². The number of hydrogen-bond acceptors (Lipinski definition) is 3. The van der Waals surface area contributed by atoms with Crippen molar-refractivity contribution in [2.75, 3.05) is 6.61 Å². The average Bonchev–Trinajstić information content (AvgIpc) is 3.13. The van der Waals surface area contributed by atoms with Crippen molar-refractivity contribution in [2.24, 2.45) is 5.92 Å². The molecule has 1 amide bonds. The zero-order chi connectivity index (χ0) is 15.0. The van der Waals surface area contributed by atoms with Gasteiger partial charge in [-0.25, -0.2) is 0 Å². The third kappa shape index (κ3) is 2.72. The maximum atomic E-state index is 13.1. The Kier molecular flexibility index (Phi) is 4.28. The molecule has 4 nitrogen and oxygen atoms in total. The summed E-state index contributed by atoms with van der Waals surface area (Å²) in [6.07, 6.45) is 8.03. The molecule has 1 saturated carbocycles. The fraction of sp³-hybridized carbons (Fsp3) is 0.941. The Labute approximate surface area is 128 Å². The van der Waals surface area contributed by atoms with Gasteiger partial charge in [0.05, 0.1) is 23.9 Å². The van der Waals surface area contributed by atoms with Crippen LogP contribution in [0.4, 0.5) is 0 Å². The SMILES string of the molecule is CC(C)CC1NC2(CCCC2)C(=O)N1C(C)C1CCCO1. The summed E-state index contributed by atoms with van der Waals surface area (Å²) in [6, 6.07) is 0.191. The van der Waals surface area contributed by atoms with Crippen molar-refractivity contribution < 1.29 is 9.53 Å². The molecule has 2 saturated heterocycles. The molecule has 3 fully saturated rings. The first kappa shape index (κ1) is 15.3. The van der Waals surface area contributed by atoms with Gasteiger partial charge < -0.3 is 9.64 Å². The topological polar surface area (TPSA) is 41.6 Å². The molecule has 0 bridgehead atoms. The van der Waals surface area contributed by atoms with Gasteiger partial charge in [-0.3, -0.25) is 10.1 Å². The van der Waals surface area contributed by atoms with E-state index >= 15 is 0 Å². The van der Waals surface area contributed by atoms with Gasteiger partial charge in [-0.1, -0.05) is 26.7 Å². The Morgan fingerprint density at radius 2 is 2.00 bits per heavy atom. The van der Waals surface area contributed by atoms with E-state index in [1.54, 1.807) is 0 Å². The van der Waals surface area contributed by atoms with E-state index in [1.807, 2.05) is 0 Å². The Hall–Kier alpha value is -0.610. The summed E-state index contributed by atoms with van der Waals surface area (Å²) in [5.41, 5.74) is -0.258. The average molecular weight is 294 g/mol. The second kappa shape index (κ2) is 5.88. The minimum atomic E-state index is -0.258. The van der Waals surface area contributed by atoms with Gasteiger partial charge in [-0.15, -0.1) is 0 Å². The van der Waals surface area contributed by atoms with Gasteiger partial charge >= 0.3 is 0 Å². The Balaban J connectivity index is 1.81. The summed E-state index contributed by atoms with van der Waals surface area (Å²) in [5.74, 6) is 0.930. The highest BCUT2D eigenvalue weighted by molar-refractivity contribution is 5.89. The van der Waals surface area contributed by atoms with Gasteiger partial charge in [0.2, 0.25) is 5.91 Å². The van der Waals surface area contributed by atoms with Gasteiger partial charge in [0.1, 0.15) is 0 Å². The lowest BCUT2D eigenvalue weighted by molar-refractivity contribution is -0.137. The highest BCUT2D eigenvalue weighted by Gasteiger charge is 2.54. The van der Waals surface area contributed by atoms with E-state index in [1.165, 1.54) is 12.8 Å². The molecule has 0 aromatic rings. The summed E-state index contributed by atoms with van der Waals surface area (Å²) in [6.45, 7) is 7.50. The van der Waals surface area contributed by atoms with E-state index in [9.17, 15) is 4.79 Å². The molecule has 3 rings (SSSR count). The van der Waals surface area contributed by atoms with Crippen LogP contribution in [0, 0.1) is 5.92 Å².